The van der Waals surface area contributed by atoms with Crippen molar-refractivity contribution in [2.45, 2.75) is 25.8 Å². The summed E-state index contributed by atoms with van der Waals surface area (Å²) in [6.07, 6.45) is 1.87. The fourth-order valence-electron chi connectivity index (χ4n) is 2.56. The van der Waals surface area contributed by atoms with Crippen LogP contribution in [0, 0.1) is 0 Å². The van der Waals surface area contributed by atoms with Crippen molar-refractivity contribution in [1.29, 1.82) is 0 Å². The van der Waals surface area contributed by atoms with Crippen LogP contribution in [0.4, 0.5) is 5.82 Å². The van der Waals surface area contributed by atoms with Gasteiger partial charge in [-0.15, -0.1) is 0 Å². The van der Waals surface area contributed by atoms with E-state index < -0.39 is 5.41 Å². The van der Waals surface area contributed by atoms with Gasteiger partial charge in [-0.1, -0.05) is 58.4 Å². The third-order valence-corrected chi connectivity index (χ3v) is 4.73. The van der Waals surface area contributed by atoms with E-state index in [9.17, 15) is 4.79 Å². The van der Waals surface area contributed by atoms with Gasteiger partial charge in [-0.3, -0.25) is 9.48 Å². The lowest BCUT2D eigenvalue weighted by Gasteiger charge is -2.23. The van der Waals surface area contributed by atoms with Crippen LogP contribution >= 0.6 is 15.9 Å². The second-order valence-corrected chi connectivity index (χ2v) is 7.39. The van der Waals surface area contributed by atoms with Crippen LogP contribution in [-0.2, 0) is 16.8 Å². The maximum absolute atomic E-state index is 12.7. The first kappa shape index (κ1) is 17.4. The Morgan fingerprint density at radius 3 is 2.44 bits per heavy atom. The van der Waals surface area contributed by atoms with Gasteiger partial charge in [0.15, 0.2) is 5.82 Å². The van der Waals surface area contributed by atoms with Gasteiger partial charge in [0, 0.05) is 16.7 Å². The number of aromatic nitrogens is 2. The molecule has 5 heteroatoms. The van der Waals surface area contributed by atoms with Gasteiger partial charge in [-0.2, -0.15) is 5.10 Å². The Kier molecular flexibility index (Phi) is 5.04. The summed E-state index contributed by atoms with van der Waals surface area (Å²) in [5.74, 6) is 0.478. The molecule has 128 valence electrons. The molecule has 0 spiro atoms. The molecule has 0 saturated carbocycles. The van der Waals surface area contributed by atoms with Crippen LogP contribution < -0.4 is 5.32 Å². The average Bonchev–Trinajstić information content (AvgIpc) is 3.03. The zero-order valence-electron chi connectivity index (χ0n) is 14.2. The highest BCUT2D eigenvalue weighted by molar-refractivity contribution is 9.10. The Morgan fingerprint density at radius 1 is 1.08 bits per heavy atom. The maximum atomic E-state index is 12.7. The summed E-state index contributed by atoms with van der Waals surface area (Å²) in [6, 6.07) is 19.7. The van der Waals surface area contributed by atoms with Crippen LogP contribution in [-0.4, -0.2) is 15.7 Å². The fraction of sp³-hybridized carbons (Fsp3) is 0.200. The minimum Gasteiger partial charge on any atom is -0.308 e. The molecule has 0 aliphatic heterocycles. The van der Waals surface area contributed by atoms with Crippen molar-refractivity contribution in [2.75, 3.05) is 5.32 Å². The van der Waals surface area contributed by atoms with E-state index in [1.54, 1.807) is 0 Å². The average molecular weight is 398 g/mol. The number of benzene rings is 2. The molecule has 1 N–H and O–H groups in total. The summed E-state index contributed by atoms with van der Waals surface area (Å²) >= 11 is 3.42. The van der Waals surface area contributed by atoms with E-state index in [4.69, 9.17) is 0 Å². The fourth-order valence-corrected chi connectivity index (χ4v) is 2.82. The van der Waals surface area contributed by atoms with Gasteiger partial charge in [0.2, 0.25) is 5.91 Å². The van der Waals surface area contributed by atoms with Crippen molar-refractivity contribution in [1.82, 2.24) is 9.78 Å². The van der Waals surface area contributed by atoms with E-state index in [1.807, 2.05) is 73.3 Å². The van der Waals surface area contributed by atoms with Crippen molar-refractivity contribution < 1.29 is 4.79 Å². The number of nitrogens with one attached hydrogen (secondary N) is 1. The Hall–Kier alpha value is -2.40. The number of carbonyl (C=O) groups is 1. The molecule has 0 radical (unpaired) electrons. The van der Waals surface area contributed by atoms with E-state index >= 15 is 0 Å². The molecule has 0 atom stereocenters. The molecule has 4 nitrogen and oxygen atoms in total. The lowest BCUT2D eigenvalue weighted by Crippen LogP contribution is -2.34. The summed E-state index contributed by atoms with van der Waals surface area (Å²) in [5.41, 5.74) is 1.47. The first-order valence-corrected chi connectivity index (χ1v) is 8.89. The lowest BCUT2D eigenvalue weighted by molar-refractivity contribution is -0.120. The van der Waals surface area contributed by atoms with Gasteiger partial charge in [0.1, 0.15) is 0 Å². The molecule has 25 heavy (non-hydrogen) atoms. The Morgan fingerprint density at radius 2 is 1.76 bits per heavy atom. The van der Waals surface area contributed by atoms with Crippen molar-refractivity contribution >= 4 is 27.7 Å². The Balaban J connectivity index is 1.69. The van der Waals surface area contributed by atoms with Crippen LogP contribution in [0.3, 0.4) is 0 Å². The van der Waals surface area contributed by atoms with Crippen LogP contribution in [0.15, 0.2) is 71.3 Å². The molecular weight excluding hydrogens is 378 g/mol. The molecule has 3 rings (SSSR count). The van der Waals surface area contributed by atoms with Crippen LogP contribution in [0.25, 0.3) is 0 Å². The predicted octanol–water partition coefficient (Wildman–Crippen LogP) is 4.61. The SMILES string of the molecule is CC(C)(C(=O)Nc1ccn(Cc2ccccc2)n1)c1ccc(Br)cc1. The van der Waals surface area contributed by atoms with E-state index in [0.717, 1.165) is 10.0 Å². The molecule has 2 aromatic carbocycles. The van der Waals surface area contributed by atoms with Gasteiger partial charge in [-0.05, 0) is 37.1 Å². The molecule has 0 aliphatic carbocycles. The van der Waals surface area contributed by atoms with Crippen molar-refractivity contribution in [3.63, 3.8) is 0 Å². The number of halogens is 1. The number of hydrogen-bond donors (Lipinski definition) is 1. The van der Waals surface area contributed by atoms with Gasteiger partial charge >= 0.3 is 0 Å². The summed E-state index contributed by atoms with van der Waals surface area (Å²) in [4.78, 5) is 12.7. The molecule has 0 aliphatic rings. The smallest absolute Gasteiger partial charge is 0.235 e. The molecule has 1 aromatic heterocycles. The Bertz CT molecular complexity index is 854. The largest absolute Gasteiger partial charge is 0.308 e. The monoisotopic (exact) mass is 397 g/mol. The Labute approximate surface area is 156 Å². The van der Waals surface area contributed by atoms with Crippen LogP contribution in [0.2, 0.25) is 0 Å². The van der Waals surface area contributed by atoms with E-state index in [-0.39, 0.29) is 5.91 Å². The third kappa shape index (κ3) is 4.17. The number of hydrogen-bond acceptors (Lipinski definition) is 2. The highest BCUT2D eigenvalue weighted by Crippen LogP contribution is 2.26. The summed E-state index contributed by atoms with van der Waals surface area (Å²) in [7, 11) is 0. The second kappa shape index (κ2) is 7.23. The number of carbonyl (C=O) groups excluding carboxylic acids is 1. The van der Waals surface area contributed by atoms with Crippen molar-refractivity contribution in [3.05, 3.63) is 82.5 Å². The minimum atomic E-state index is -0.649. The lowest BCUT2D eigenvalue weighted by atomic mass is 9.84. The zero-order chi connectivity index (χ0) is 17.9. The standard InChI is InChI=1S/C20H20BrN3O/c1-20(2,16-8-10-17(21)11-9-16)19(25)22-18-12-13-24(23-18)14-15-6-4-3-5-7-15/h3-13H,14H2,1-2H3,(H,22,23,25). The zero-order valence-corrected chi connectivity index (χ0v) is 15.8. The number of nitrogens with zero attached hydrogens (tertiary/aromatic N) is 2. The molecule has 3 aromatic rings. The number of amides is 1. The molecule has 1 heterocycles. The molecule has 1 amide bonds. The molecule has 0 bridgehead atoms. The number of rotatable bonds is 5. The molecule has 0 fully saturated rings. The highest BCUT2D eigenvalue weighted by Gasteiger charge is 2.30. The normalized spacial score (nSPS) is 11.3. The first-order chi connectivity index (χ1) is 11.9. The number of anilines is 1. The molecule has 0 saturated heterocycles. The topological polar surface area (TPSA) is 46.9 Å². The van der Waals surface area contributed by atoms with E-state index in [1.165, 1.54) is 5.56 Å². The maximum Gasteiger partial charge on any atom is 0.235 e. The molecule has 0 unspecified atom stereocenters. The van der Waals surface area contributed by atoms with Crippen LogP contribution in [0.5, 0.6) is 0 Å². The van der Waals surface area contributed by atoms with Gasteiger partial charge in [0.25, 0.3) is 0 Å². The second-order valence-electron chi connectivity index (χ2n) is 6.47. The molecular formula is C20H20BrN3O. The van der Waals surface area contributed by atoms with Gasteiger partial charge < -0.3 is 5.32 Å². The van der Waals surface area contributed by atoms with Gasteiger partial charge in [0.05, 0.1) is 12.0 Å². The summed E-state index contributed by atoms with van der Waals surface area (Å²) < 4.78 is 2.81. The summed E-state index contributed by atoms with van der Waals surface area (Å²) in [5, 5.41) is 7.36. The minimum absolute atomic E-state index is 0.0835. The predicted molar refractivity (Wildman–Crippen MR) is 104 cm³/mol. The summed E-state index contributed by atoms with van der Waals surface area (Å²) in [6.45, 7) is 4.49. The van der Waals surface area contributed by atoms with Crippen molar-refractivity contribution in [2.24, 2.45) is 0 Å². The van der Waals surface area contributed by atoms with E-state index in [0.29, 0.717) is 12.4 Å². The highest BCUT2D eigenvalue weighted by atomic mass is 79.9. The van der Waals surface area contributed by atoms with Gasteiger partial charge in [-0.25, -0.2) is 0 Å². The van der Waals surface area contributed by atoms with Crippen LogP contribution in [0.1, 0.15) is 25.0 Å². The van der Waals surface area contributed by atoms with E-state index in [2.05, 4.69) is 38.5 Å². The van der Waals surface area contributed by atoms with Crippen molar-refractivity contribution in [3.8, 4) is 0 Å². The third-order valence-electron chi connectivity index (χ3n) is 4.20. The quantitative estimate of drug-likeness (QED) is 0.682. The first-order valence-electron chi connectivity index (χ1n) is 8.10.